The van der Waals surface area contributed by atoms with Crippen molar-refractivity contribution in [3.8, 4) is 5.75 Å². The normalized spacial score (nSPS) is 8.10. The van der Waals surface area contributed by atoms with Gasteiger partial charge in [-0.3, -0.25) is 0 Å². The molecule has 0 fully saturated rings. The number of hydrogen-bond donors (Lipinski definition) is 3. The van der Waals surface area contributed by atoms with Gasteiger partial charge in [-0.25, -0.2) is 0 Å². The first-order chi connectivity index (χ1) is 34.8. The average Bonchev–Trinajstić information content (AvgIpc) is 3.42. The summed E-state index contributed by atoms with van der Waals surface area (Å²) in [7, 11) is 2.00. The van der Waals surface area contributed by atoms with E-state index in [2.05, 4.69) is 263 Å². The molecule has 0 aliphatic rings. The van der Waals surface area contributed by atoms with Gasteiger partial charge in [0.15, 0.2) is 0 Å². The fourth-order valence-electron chi connectivity index (χ4n) is 6.65. The van der Waals surface area contributed by atoms with Crippen molar-refractivity contribution in [1.82, 2.24) is 0 Å². The maximum Gasteiger partial charge on any atom is 0.115 e. The lowest BCUT2D eigenvalue weighted by Crippen LogP contribution is -1.77. The fraction of sp³-hybridized carbons (Fsp3) is 0.316. The van der Waals surface area contributed by atoms with E-state index < -0.39 is 0 Å². The third kappa shape index (κ3) is 40.8. The van der Waals surface area contributed by atoms with Crippen LogP contribution in [0.4, 0.5) is 0 Å². The van der Waals surface area contributed by atoms with Gasteiger partial charge >= 0.3 is 0 Å². The fourth-order valence-corrected chi connectivity index (χ4v) is 6.65. The van der Waals surface area contributed by atoms with Gasteiger partial charge in [0.25, 0.3) is 0 Å². The number of aliphatic hydroxyl groups is 2. The summed E-state index contributed by atoms with van der Waals surface area (Å²) in [5.41, 5.74) is 13.2. The predicted octanol–water partition coefficient (Wildman–Crippen LogP) is 24.9. The Morgan fingerprint density at radius 1 is 0.256 bits per heavy atom. The number of rotatable bonds is 1. The van der Waals surface area contributed by atoms with Crippen LogP contribution in [0.15, 0.2) is 224 Å². The van der Waals surface area contributed by atoms with Crippen molar-refractivity contribution < 1.29 is 15.3 Å². The number of benzene rings is 10. The first kappa shape index (κ1) is 96.9. The monoisotopic (exact) mass is 1120 g/mol. The lowest BCUT2D eigenvalue weighted by molar-refractivity contribution is 0.399. The SMILES string of the molecule is C.C.C.C.C.C.C.C.C.C.CC.CCc1ccc(C)cc1.CO.CO.Cc1ccc(C)cc1.Cc1ccc(C)cc1.Cc1ccc(O)cc1.Cc1ccc2ccccc2c1.Cc1ccc2ccccc2c1.Cc1cccc2ccccc12. The van der Waals surface area contributed by atoms with Crippen LogP contribution >= 0.6 is 0 Å². The van der Waals surface area contributed by atoms with Crippen molar-refractivity contribution in [2.75, 3.05) is 14.2 Å². The second-order valence-corrected chi connectivity index (χ2v) is 17.0. The van der Waals surface area contributed by atoms with Gasteiger partial charge in [0.05, 0.1) is 0 Å². The van der Waals surface area contributed by atoms with E-state index in [0.29, 0.717) is 5.75 Å². The highest BCUT2D eigenvalue weighted by molar-refractivity contribution is 5.85. The maximum atomic E-state index is 8.76. The zero-order valence-electron chi connectivity index (χ0n) is 45.9. The third-order valence-corrected chi connectivity index (χ3v) is 10.8. The third-order valence-electron chi connectivity index (χ3n) is 10.8. The van der Waals surface area contributed by atoms with Gasteiger partial charge in [-0.1, -0.05) is 352 Å². The summed E-state index contributed by atoms with van der Waals surface area (Å²) in [6.07, 6.45) is 1.14. The molecule has 0 aromatic heterocycles. The molecule has 10 rings (SSSR count). The van der Waals surface area contributed by atoms with Crippen LogP contribution in [-0.2, 0) is 6.42 Å². The van der Waals surface area contributed by atoms with Gasteiger partial charge in [0.1, 0.15) is 5.75 Å². The smallest absolute Gasteiger partial charge is 0.115 e. The number of aryl methyl sites for hydroxylation is 10. The zero-order chi connectivity index (χ0) is 53.7. The molecule has 0 aliphatic heterocycles. The topological polar surface area (TPSA) is 60.7 Å². The highest BCUT2D eigenvalue weighted by Crippen LogP contribution is 2.18. The van der Waals surface area contributed by atoms with Gasteiger partial charge in [0.2, 0.25) is 0 Å². The Bertz CT molecular complexity index is 2660. The molecule has 82 heavy (non-hydrogen) atoms. The summed E-state index contributed by atoms with van der Waals surface area (Å²) >= 11 is 0. The van der Waals surface area contributed by atoms with Crippen LogP contribution < -0.4 is 0 Å². The molecule has 0 heterocycles. The molecule has 0 unspecified atom stereocenters. The van der Waals surface area contributed by atoms with Crippen molar-refractivity contribution in [2.24, 2.45) is 0 Å². The molecule has 10 aromatic rings. The number of phenolic OH excluding ortho intramolecular Hbond substituents is 1. The first-order valence-corrected chi connectivity index (χ1v) is 24.9. The van der Waals surface area contributed by atoms with Crippen LogP contribution in [-0.4, -0.2) is 29.5 Å². The average molecular weight is 1120 g/mol. The van der Waals surface area contributed by atoms with E-state index in [0.717, 1.165) is 20.6 Å². The molecule has 458 valence electrons. The Morgan fingerprint density at radius 3 is 0.793 bits per heavy atom. The van der Waals surface area contributed by atoms with Gasteiger partial charge in [-0.15, -0.1) is 0 Å². The minimum absolute atomic E-state index is 0. The van der Waals surface area contributed by atoms with E-state index in [1.807, 2.05) is 32.9 Å². The van der Waals surface area contributed by atoms with Crippen molar-refractivity contribution in [1.29, 1.82) is 0 Å². The molecular formula is C79H124O3. The van der Waals surface area contributed by atoms with Gasteiger partial charge in [0, 0.05) is 14.2 Å². The molecule has 0 bridgehead atoms. The molecule has 0 saturated carbocycles. The van der Waals surface area contributed by atoms with E-state index in [9.17, 15) is 0 Å². The molecule has 0 atom stereocenters. The quantitative estimate of drug-likeness (QED) is 0.154. The van der Waals surface area contributed by atoms with Gasteiger partial charge in [-0.05, 0) is 124 Å². The summed E-state index contributed by atoms with van der Waals surface area (Å²) in [4.78, 5) is 0. The number of phenols is 1. The number of aromatic hydroxyl groups is 1. The summed E-state index contributed by atoms with van der Waals surface area (Å²) < 4.78 is 0. The summed E-state index contributed by atoms with van der Waals surface area (Å²) in [6.45, 7) is 25.0. The summed E-state index contributed by atoms with van der Waals surface area (Å²) in [5.74, 6) is 0.329. The van der Waals surface area contributed by atoms with Crippen molar-refractivity contribution in [3.05, 3.63) is 280 Å². The van der Waals surface area contributed by atoms with E-state index in [1.54, 1.807) is 12.1 Å². The Labute approximate surface area is 508 Å². The Hall–Kier alpha value is -7.30. The van der Waals surface area contributed by atoms with Gasteiger partial charge in [-0.2, -0.15) is 0 Å². The van der Waals surface area contributed by atoms with Gasteiger partial charge < -0.3 is 15.3 Å². The molecule has 10 aromatic carbocycles. The van der Waals surface area contributed by atoms with E-state index in [1.165, 1.54) is 88.0 Å². The van der Waals surface area contributed by atoms with Crippen LogP contribution in [0.25, 0.3) is 32.3 Å². The highest BCUT2D eigenvalue weighted by Gasteiger charge is 1.93. The maximum absolute atomic E-state index is 8.76. The van der Waals surface area contributed by atoms with Crippen molar-refractivity contribution in [2.45, 2.75) is 164 Å². The van der Waals surface area contributed by atoms with E-state index in [4.69, 9.17) is 15.3 Å². The highest BCUT2D eigenvalue weighted by atomic mass is 16.3. The molecular weight excluding hydrogens is 997 g/mol. The second kappa shape index (κ2) is 58.4. The lowest BCUT2D eigenvalue weighted by Gasteiger charge is -1.98. The lowest BCUT2D eigenvalue weighted by atomic mass is 10.1. The van der Waals surface area contributed by atoms with E-state index >= 15 is 0 Å². The Kier molecular flexibility index (Phi) is 69.0. The molecule has 0 aliphatic carbocycles. The molecule has 3 heteroatoms. The number of hydrogen-bond acceptors (Lipinski definition) is 3. The largest absolute Gasteiger partial charge is 0.508 e. The Morgan fingerprint density at radius 2 is 0.500 bits per heavy atom. The van der Waals surface area contributed by atoms with Crippen LogP contribution in [0.2, 0.25) is 0 Å². The number of fused-ring (bicyclic) bond motifs is 3. The second-order valence-electron chi connectivity index (χ2n) is 17.0. The van der Waals surface area contributed by atoms with E-state index in [-0.39, 0.29) is 74.3 Å². The molecule has 3 N–H and O–H groups in total. The predicted molar refractivity (Wildman–Crippen MR) is 386 cm³/mol. The molecule has 0 spiro atoms. The van der Waals surface area contributed by atoms with Crippen molar-refractivity contribution in [3.63, 3.8) is 0 Å². The van der Waals surface area contributed by atoms with Crippen LogP contribution in [0.5, 0.6) is 5.75 Å². The minimum Gasteiger partial charge on any atom is -0.508 e. The zero-order valence-corrected chi connectivity index (χ0v) is 45.9. The molecule has 0 radical (unpaired) electrons. The molecule has 0 saturated heterocycles. The first-order valence-electron chi connectivity index (χ1n) is 24.9. The van der Waals surface area contributed by atoms with Crippen LogP contribution in [0.1, 0.15) is 151 Å². The van der Waals surface area contributed by atoms with Crippen LogP contribution in [0.3, 0.4) is 0 Å². The molecule has 0 amide bonds. The van der Waals surface area contributed by atoms with Crippen LogP contribution in [0, 0.1) is 62.3 Å². The summed E-state index contributed by atoms with van der Waals surface area (Å²) in [5, 5.41) is 30.7. The minimum atomic E-state index is 0. The van der Waals surface area contributed by atoms with Crippen molar-refractivity contribution >= 4 is 32.3 Å². The molecule has 3 nitrogen and oxygen atoms in total. The Balaban J connectivity index is -0.0000000893. The number of aliphatic hydroxyl groups excluding tert-OH is 2. The standard InChI is InChI=1S/3C11H10.C9H12.2C8H10.C7H8O.C2H6.2CH4O.10CH4/c1-9-5-4-7-10-6-2-3-8-11(9)10;2*1-9-6-7-10-4-2-3-5-11(10)8-9;1-3-9-6-4-8(2)5-7-9;2*1-7-3-5-8(2)6-4-7;1-6-2-4-7(8)5-3-6;3*1-2;;;;;;;;;;/h3*2-8H,1H3;4-7H,3H2,1-2H3;2*3-6H,1-2H3;2-5,8H,1H3;1-2H3;2*2H,1H3;10*1H4. The summed E-state index contributed by atoms with van der Waals surface area (Å²) in [6, 6.07) is 77.4.